The number of halogens is 1. The number of nitrogens with one attached hydrogen (secondary N) is 2. The smallest absolute Gasteiger partial charge is 0.322 e. The Morgan fingerprint density at radius 3 is 2.42 bits per heavy atom. The zero-order chi connectivity index (χ0) is 18.7. The molecule has 1 saturated heterocycles. The SMILES string of the molecule is Cc1ccc(NC(=O)N2CCCC2C(=O)Nc2ccc(C)c(Cl)c2)cc1. The van der Waals surface area contributed by atoms with E-state index in [1.807, 2.05) is 50.2 Å². The van der Waals surface area contributed by atoms with Gasteiger partial charge in [0.2, 0.25) is 5.91 Å². The minimum Gasteiger partial charge on any atom is -0.324 e. The predicted octanol–water partition coefficient (Wildman–Crippen LogP) is 4.59. The molecule has 26 heavy (non-hydrogen) atoms. The van der Waals surface area contributed by atoms with Gasteiger partial charge in [-0.25, -0.2) is 4.79 Å². The number of anilines is 2. The second-order valence-corrected chi connectivity index (χ2v) is 7.01. The van der Waals surface area contributed by atoms with Crippen molar-refractivity contribution < 1.29 is 9.59 Å². The Morgan fingerprint density at radius 1 is 1.04 bits per heavy atom. The van der Waals surface area contributed by atoms with Crippen LogP contribution >= 0.6 is 11.6 Å². The highest BCUT2D eigenvalue weighted by Gasteiger charge is 2.34. The average Bonchev–Trinajstić information content (AvgIpc) is 3.10. The lowest BCUT2D eigenvalue weighted by atomic mass is 10.2. The van der Waals surface area contributed by atoms with Gasteiger partial charge in [-0.1, -0.05) is 35.4 Å². The lowest BCUT2D eigenvalue weighted by molar-refractivity contribution is -0.119. The first-order valence-electron chi connectivity index (χ1n) is 8.65. The van der Waals surface area contributed by atoms with E-state index in [9.17, 15) is 9.59 Å². The molecular weight excluding hydrogens is 350 g/mol. The monoisotopic (exact) mass is 371 g/mol. The van der Waals surface area contributed by atoms with E-state index >= 15 is 0 Å². The maximum atomic E-state index is 12.6. The van der Waals surface area contributed by atoms with Crippen molar-refractivity contribution in [1.29, 1.82) is 0 Å². The van der Waals surface area contributed by atoms with Crippen molar-refractivity contribution in [1.82, 2.24) is 4.90 Å². The molecule has 2 N–H and O–H groups in total. The molecule has 0 aliphatic carbocycles. The number of benzene rings is 2. The van der Waals surface area contributed by atoms with E-state index in [1.54, 1.807) is 11.0 Å². The topological polar surface area (TPSA) is 61.4 Å². The molecule has 3 amide bonds. The van der Waals surface area contributed by atoms with Crippen LogP contribution in [0.25, 0.3) is 0 Å². The second-order valence-electron chi connectivity index (χ2n) is 6.60. The molecule has 3 rings (SSSR count). The van der Waals surface area contributed by atoms with Gasteiger partial charge in [-0.2, -0.15) is 0 Å². The Morgan fingerprint density at radius 2 is 1.73 bits per heavy atom. The van der Waals surface area contributed by atoms with Crippen LogP contribution in [0.1, 0.15) is 24.0 Å². The minimum atomic E-state index is -0.486. The second kappa shape index (κ2) is 7.79. The van der Waals surface area contributed by atoms with Crippen LogP contribution in [-0.2, 0) is 4.79 Å². The summed E-state index contributed by atoms with van der Waals surface area (Å²) in [5.74, 6) is -0.193. The molecule has 2 aromatic rings. The number of rotatable bonds is 3. The van der Waals surface area contributed by atoms with E-state index < -0.39 is 6.04 Å². The van der Waals surface area contributed by atoms with Gasteiger partial charge in [0.25, 0.3) is 0 Å². The third-order valence-electron chi connectivity index (χ3n) is 4.56. The molecule has 1 unspecified atom stereocenters. The van der Waals surface area contributed by atoms with E-state index in [-0.39, 0.29) is 11.9 Å². The first-order chi connectivity index (χ1) is 12.4. The van der Waals surface area contributed by atoms with Gasteiger partial charge < -0.3 is 15.5 Å². The highest BCUT2D eigenvalue weighted by atomic mass is 35.5. The van der Waals surface area contributed by atoms with E-state index in [0.29, 0.717) is 23.7 Å². The average molecular weight is 372 g/mol. The summed E-state index contributed by atoms with van der Waals surface area (Å²) in [6, 6.07) is 12.2. The summed E-state index contributed by atoms with van der Waals surface area (Å²) in [4.78, 5) is 26.8. The molecule has 0 aromatic heterocycles. The molecule has 0 radical (unpaired) electrons. The summed E-state index contributed by atoms with van der Waals surface area (Å²) < 4.78 is 0. The van der Waals surface area contributed by atoms with Gasteiger partial charge >= 0.3 is 6.03 Å². The number of likely N-dealkylation sites (tertiary alicyclic amines) is 1. The number of nitrogens with zero attached hydrogens (tertiary/aromatic N) is 1. The summed E-state index contributed by atoms with van der Waals surface area (Å²) >= 11 is 6.11. The van der Waals surface area contributed by atoms with E-state index in [4.69, 9.17) is 11.6 Å². The fraction of sp³-hybridized carbons (Fsp3) is 0.300. The summed E-state index contributed by atoms with van der Waals surface area (Å²) in [5, 5.41) is 6.33. The van der Waals surface area contributed by atoms with Crippen LogP contribution in [-0.4, -0.2) is 29.4 Å². The lowest BCUT2D eigenvalue weighted by Crippen LogP contribution is -2.45. The predicted molar refractivity (Wildman–Crippen MR) is 105 cm³/mol. The number of urea groups is 1. The number of amides is 3. The molecule has 1 aliphatic rings. The van der Waals surface area contributed by atoms with Crippen LogP contribution in [0, 0.1) is 13.8 Å². The molecule has 1 heterocycles. The zero-order valence-corrected chi connectivity index (χ0v) is 15.6. The van der Waals surface area contributed by atoms with Crippen molar-refractivity contribution in [3.63, 3.8) is 0 Å². The van der Waals surface area contributed by atoms with Crippen molar-refractivity contribution in [2.24, 2.45) is 0 Å². The molecule has 1 aliphatic heterocycles. The Hall–Kier alpha value is -2.53. The van der Waals surface area contributed by atoms with Gasteiger partial charge in [0, 0.05) is 22.9 Å². The molecule has 1 atom stereocenters. The molecule has 1 fully saturated rings. The highest BCUT2D eigenvalue weighted by molar-refractivity contribution is 6.31. The van der Waals surface area contributed by atoms with Gasteiger partial charge in [-0.3, -0.25) is 4.79 Å². The normalized spacial score (nSPS) is 16.4. The molecule has 2 aromatic carbocycles. The van der Waals surface area contributed by atoms with Crippen LogP contribution in [0.5, 0.6) is 0 Å². The number of aryl methyl sites for hydroxylation is 2. The van der Waals surface area contributed by atoms with Crippen LogP contribution in [0.3, 0.4) is 0 Å². The van der Waals surface area contributed by atoms with Crippen molar-refractivity contribution in [2.45, 2.75) is 32.7 Å². The van der Waals surface area contributed by atoms with Gasteiger partial charge in [0.05, 0.1) is 0 Å². The summed E-state index contributed by atoms with van der Waals surface area (Å²) in [7, 11) is 0. The number of carbonyl (C=O) groups is 2. The Balaban J connectivity index is 1.66. The summed E-state index contributed by atoms with van der Waals surface area (Å²) in [6.07, 6.45) is 1.45. The third kappa shape index (κ3) is 4.17. The van der Waals surface area contributed by atoms with Gasteiger partial charge in [0.1, 0.15) is 6.04 Å². The lowest BCUT2D eigenvalue weighted by Gasteiger charge is -2.24. The quantitative estimate of drug-likeness (QED) is 0.828. The standard InChI is InChI=1S/C20H22ClN3O2/c1-13-5-8-15(9-6-13)23-20(26)24-11-3-4-18(24)19(25)22-16-10-7-14(2)17(21)12-16/h5-10,12,18H,3-4,11H2,1-2H3,(H,22,25)(H,23,26). The molecule has 0 bridgehead atoms. The zero-order valence-electron chi connectivity index (χ0n) is 14.9. The fourth-order valence-electron chi connectivity index (χ4n) is 3.01. The number of carbonyl (C=O) groups excluding carboxylic acids is 2. The van der Waals surface area contributed by atoms with Crippen LogP contribution in [0.4, 0.5) is 16.2 Å². The van der Waals surface area contributed by atoms with Crippen molar-refractivity contribution in [3.8, 4) is 0 Å². The minimum absolute atomic E-state index is 0.193. The van der Waals surface area contributed by atoms with Crippen molar-refractivity contribution in [2.75, 3.05) is 17.2 Å². The Kier molecular flexibility index (Phi) is 5.47. The van der Waals surface area contributed by atoms with Crippen molar-refractivity contribution in [3.05, 3.63) is 58.6 Å². The number of hydrogen-bond acceptors (Lipinski definition) is 2. The maximum absolute atomic E-state index is 12.6. The van der Waals surface area contributed by atoms with Crippen LogP contribution in [0.2, 0.25) is 5.02 Å². The van der Waals surface area contributed by atoms with E-state index in [0.717, 1.165) is 23.2 Å². The first-order valence-corrected chi connectivity index (χ1v) is 9.03. The first kappa shape index (κ1) is 18.3. The van der Waals surface area contributed by atoms with Gasteiger partial charge in [-0.15, -0.1) is 0 Å². The Bertz CT molecular complexity index is 820. The molecule has 136 valence electrons. The van der Waals surface area contributed by atoms with Crippen LogP contribution < -0.4 is 10.6 Å². The molecular formula is C20H22ClN3O2. The maximum Gasteiger partial charge on any atom is 0.322 e. The van der Waals surface area contributed by atoms with Gasteiger partial charge in [0.15, 0.2) is 0 Å². The largest absolute Gasteiger partial charge is 0.324 e. The molecule has 0 saturated carbocycles. The fourth-order valence-corrected chi connectivity index (χ4v) is 3.19. The molecule has 5 nitrogen and oxygen atoms in total. The Labute approximate surface area is 158 Å². The summed E-state index contributed by atoms with van der Waals surface area (Å²) in [6.45, 7) is 4.45. The third-order valence-corrected chi connectivity index (χ3v) is 4.97. The highest BCUT2D eigenvalue weighted by Crippen LogP contribution is 2.23. The molecule has 0 spiro atoms. The van der Waals surface area contributed by atoms with Gasteiger partial charge in [-0.05, 0) is 56.5 Å². The van der Waals surface area contributed by atoms with Crippen LogP contribution in [0.15, 0.2) is 42.5 Å². The summed E-state index contributed by atoms with van der Waals surface area (Å²) in [5.41, 5.74) is 3.43. The van der Waals surface area contributed by atoms with Crippen molar-refractivity contribution >= 4 is 34.9 Å². The van der Waals surface area contributed by atoms with E-state index in [2.05, 4.69) is 10.6 Å². The van der Waals surface area contributed by atoms with E-state index in [1.165, 1.54) is 0 Å². The number of hydrogen-bond donors (Lipinski definition) is 2. The molecule has 6 heteroatoms.